The van der Waals surface area contributed by atoms with Gasteiger partial charge >= 0.3 is 0 Å². The van der Waals surface area contributed by atoms with Crippen molar-refractivity contribution in [3.05, 3.63) is 45.6 Å². The van der Waals surface area contributed by atoms with Gasteiger partial charge in [-0.15, -0.1) is 11.3 Å². The van der Waals surface area contributed by atoms with Crippen molar-refractivity contribution in [3.8, 4) is 0 Å². The summed E-state index contributed by atoms with van der Waals surface area (Å²) in [4.78, 5) is 12.9. The number of rotatable bonds is 4. The van der Waals surface area contributed by atoms with Crippen LogP contribution in [0.4, 0.5) is 5.69 Å². The van der Waals surface area contributed by atoms with Crippen LogP contribution < -0.4 is 5.32 Å². The molecule has 1 aromatic carbocycles. The lowest BCUT2D eigenvalue weighted by molar-refractivity contribution is 0.0730. The second kappa shape index (κ2) is 7.25. The van der Waals surface area contributed by atoms with E-state index in [1.165, 1.54) is 10.4 Å². The molecule has 0 aliphatic carbocycles. The zero-order valence-electron chi connectivity index (χ0n) is 14.1. The molecule has 1 fully saturated rings. The number of hydrogen-bond donors (Lipinski definition) is 1. The van der Waals surface area contributed by atoms with Gasteiger partial charge in [-0.05, 0) is 48.6 Å². The van der Waals surface area contributed by atoms with Crippen LogP contribution in [0.1, 0.15) is 20.8 Å². The van der Waals surface area contributed by atoms with Crippen LogP contribution in [0.5, 0.6) is 0 Å². The van der Waals surface area contributed by atoms with Crippen molar-refractivity contribution >= 4 is 33.0 Å². The zero-order chi connectivity index (χ0) is 18.0. The minimum atomic E-state index is -3.70. The van der Waals surface area contributed by atoms with E-state index in [2.05, 4.69) is 5.32 Å². The van der Waals surface area contributed by atoms with E-state index in [0.29, 0.717) is 32.0 Å². The van der Waals surface area contributed by atoms with Crippen molar-refractivity contribution < 1.29 is 17.9 Å². The van der Waals surface area contributed by atoms with Gasteiger partial charge in [-0.3, -0.25) is 4.79 Å². The highest BCUT2D eigenvalue weighted by atomic mass is 32.2. The number of nitrogens with zero attached hydrogens (tertiary/aromatic N) is 1. The van der Waals surface area contributed by atoms with Crippen molar-refractivity contribution in [2.24, 2.45) is 0 Å². The van der Waals surface area contributed by atoms with Gasteiger partial charge in [-0.25, -0.2) is 8.42 Å². The SMILES string of the molecule is Cc1cc(C)cc(NC(=O)c2sccc2S(=O)(=O)N2CCOCC2)c1. The average molecular weight is 380 g/mol. The van der Waals surface area contributed by atoms with Crippen LogP contribution in [0.25, 0.3) is 0 Å². The van der Waals surface area contributed by atoms with E-state index in [4.69, 9.17) is 4.74 Å². The van der Waals surface area contributed by atoms with Gasteiger partial charge in [0.05, 0.1) is 13.2 Å². The number of aryl methyl sites for hydroxylation is 2. The fraction of sp³-hybridized carbons (Fsp3) is 0.353. The van der Waals surface area contributed by atoms with Gasteiger partial charge in [0.15, 0.2) is 0 Å². The molecule has 8 heteroatoms. The molecule has 1 N–H and O–H groups in total. The van der Waals surface area contributed by atoms with E-state index in [0.717, 1.165) is 22.5 Å². The molecule has 0 saturated carbocycles. The van der Waals surface area contributed by atoms with Crippen molar-refractivity contribution in [1.82, 2.24) is 4.31 Å². The molecule has 0 bridgehead atoms. The number of nitrogens with one attached hydrogen (secondary N) is 1. The molecule has 0 atom stereocenters. The number of sulfonamides is 1. The largest absolute Gasteiger partial charge is 0.379 e. The van der Waals surface area contributed by atoms with E-state index < -0.39 is 15.9 Å². The Balaban J connectivity index is 1.86. The van der Waals surface area contributed by atoms with E-state index in [9.17, 15) is 13.2 Å². The van der Waals surface area contributed by atoms with Crippen molar-refractivity contribution in [3.63, 3.8) is 0 Å². The Morgan fingerprint density at radius 2 is 1.80 bits per heavy atom. The Bertz CT molecular complexity index is 864. The lowest BCUT2D eigenvalue weighted by Crippen LogP contribution is -2.41. The monoisotopic (exact) mass is 380 g/mol. The molecule has 1 aliphatic heterocycles. The number of carbonyl (C=O) groups excluding carboxylic acids is 1. The molecular weight excluding hydrogens is 360 g/mol. The molecule has 1 amide bonds. The van der Waals surface area contributed by atoms with Crippen LogP contribution in [-0.4, -0.2) is 44.9 Å². The van der Waals surface area contributed by atoms with Gasteiger partial charge in [0, 0.05) is 18.8 Å². The lowest BCUT2D eigenvalue weighted by Gasteiger charge is -2.26. The molecule has 6 nitrogen and oxygen atoms in total. The Morgan fingerprint density at radius 3 is 2.44 bits per heavy atom. The van der Waals surface area contributed by atoms with E-state index in [1.807, 2.05) is 32.0 Å². The maximum atomic E-state index is 12.8. The molecule has 2 heterocycles. The van der Waals surface area contributed by atoms with Crippen molar-refractivity contribution in [2.75, 3.05) is 31.6 Å². The van der Waals surface area contributed by atoms with Crippen LogP contribution in [0.2, 0.25) is 0 Å². The summed E-state index contributed by atoms with van der Waals surface area (Å²) in [6.07, 6.45) is 0. The Labute approximate surface area is 151 Å². The van der Waals surface area contributed by atoms with Gasteiger partial charge in [0.25, 0.3) is 5.91 Å². The summed E-state index contributed by atoms with van der Waals surface area (Å²) < 4.78 is 32.2. The Hall–Kier alpha value is -1.74. The number of ether oxygens (including phenoxy) is 1. The van der Waals surface area contributed by atoms with Crippen LogP contribution in [0.3, 0.4) is 0 Å². The number of carbonyl (C=O) groups is 1. The maximum absolute atomic E-state index is 12.8. The smallest absolute Gasteiger partial charge is 0.267 e. The quantitative estimate of drug-likeness (QED) is 0.885. The van der Waals surface area contributed by atoms with Crippen LogP contribution in [-0.2, 0) is 14.8 Å². The van der Waals surface area contributed by atoms with Crippen molar-refractivity contribution in [1.29, 1.82) is 0 Å². The third-order valence-electron chi connectivity index (χ3n) is 3.90. The minimum absolute atomic E-state index is 0.0567. The van der Waals surface area contributed by atoms with E-state index in [1.54, 1.807) is 5.38 Å². The molecular formula is C17H20N2O4S2. The average Bonchev–Trinajstić information content (AvgIpc) is 3.05. The first-order valence-corrected chi connectivity index (χ1v) is 10.2. The molecule has 134 valence electrons. The van der Waals surface area contributed by atoms with Gasteiger partial charge in [-0.1, -0.05) is 6.07 Å². The molecule has 3 rings (SSSR count). The van der Waals surface area contributed by atoms with Crippen LogP contribution >= 0.6 is 11.3 Å². The molecule has 0 unspecified atom stereocenters. The Morgan fingerprint density at radius 1 is 1.16 bits per heavy atom. The summed E-state index contributed by atoms with van der Waals surface area (Å²) in [5.41, 5.74) is 2.72. The van der Waals surface area contributed by atoms with Crippen LogP contribution in [0.15, 0.2) is 34.5 Å². The van der Waals surface area contributed by atoms with Gasteiger partial charge in [0.1, 0.15) is 9.77 Å². The van der Waals surface area contributed by atoms with E-state index in [-0.39, 0.29) is 9.77 Å². The minimum Gasteiger partial charge on any atom is -0.379 e. The predicted molar refractivity (Wildman–Crippen MR) is 97.8 cm³/mol. The molecule has 2 aromatic rings. The third-order valence-corrected chi connectivity index (χ3v) is 6.89. The number of benzene rings is 1. The summed E-state index contributed by atoms with van der Waals surface area (Å²) >= 11 is 1.13. The molecule has 25 heavy (non-hydrogen) atoms. The number of thiophene rings is 1. The molecule has 1 saturated heterocycles. The topological polar surface area (TPSA) is 75.7 Å². The summed E-state index contributed by atoms with van der Waals surface area (Å²) in [5, 5.41) is 4.43. The molecule has 0 spiro atoms. The fourth-order valence-electron chi connectivity index (χ4n) is 2.83. The lowest BCUT2D eigenvalue weighted by atomic mass is 10.1. The predicted octanol–water partition coefficient (Wildman–Crippen LogP) is 2.64. The summed E-state index contributed by atoms with van der Waals surface area (Å²) in [6, 6.07) is 7.21. The first kappa shape index (κ1) is 18.1. The highest BCUT2D eigenvalue weighted by Gasteiger charge is 2.31. The highest BCUT2D eigenvalue weighted by molar-refractivity contribution is 7.89. The summed E-state index contributed by atoms with van der Waals surface area (Å²) in [5.74, 6) is -0.410. The molecule has 1 aliphatic rings. The maximum Gasteiger partial charge on any atom is 0.267 e. The normalized spacial score (nSPS) is 15.9. The van der Waals surface area contributed by atoms with Crippen molar-refractivity contribution in [2.45, 2.75) is 18.7 Å². The summed E-state index contributed by atoms with van der Waals surface area (Å²) in [7, 11) is -3.70. The summed E-state index contributed by atoms with van der Waals surface area (Å²) in [6.45, 7) is 5.23. The molecule has 1 aromatic heterocycles. The van der Waals surface area contributed by atoms with Gasteiger partial charge < -0.3 is 10.1 Å². The first-order valence-electron chi connectivity index (χ1n) is 7.93. The number of amides is 1. The fourth-order valence-corrected chi connectivity index (χ4v) is 5.53. The number of anilines is 1. The standard InChI is InChI=1S/C17H20N2O4S2/c1-12-9-13(2)11-14(10-12)18-17(20)16-15(3-8-24-16)25(21,22)19-4-6-23-7-5-19/h3,8-11H,4-7H2,1-2H3,(H,18,20). The van der Waals surface area contributed by atoms with E-state index >= 15 is 0 Å². The first-order chi connectivity index (χ1) is 11.9. The van der Waals surface area contributed by atoms with Gasteiger partial charge in [0.2, 0.25) is 10.0 Å². The second-order valence-corrected chi connectivity index (χ2v) is 8.78. The Kier molecular flexibility index (Phi) is 5.24. The second-order valence-electron chi connectivity index (χ2n) is 5.96. The van der Waals surface area contributed by atoms with Crippen LogP contribution in [0, 0.1) is 13.8 Å². The number of hydrogen-bond acceptors (Lipinski definition) is 5. The van der Waals surface area contributed by atoms with Gasteiger partial charge in [-0.2, -0.15) is 4.31 Å². The molecule has 0 radical (unpaired) electrons. The zero-order valence-corrected chi connectivity index (χ0v) is 15.7. The highest BCUT2D eigenvalue weighted by Crippen LogP contribution is 2.27. The number of morpholine rings is 1. The third kappa shape index (κ3) is 3.92.